The lowest BCUT2D eigenvalue weighted by Crippen LogP contribution is -2.46. The van der Waals surface area contributed by atoms with E-state index in [2.05, 4.69) is 10.4 Å². The molecule has 0 aromatic heterocycles. The van der Waals surface area contributed by atoms with Gasteiger partial charge in [-0.15, -0.1) is 0 Å². The third kappa shape index (κ3) is 2.72. The van der Waals surface area contributed by atoms with Gasteiger partial charge in [-0.1, -0.05) is 18.2 Å². The third-order valence-corrected chi connectivity index (χ3v) is 2.79. The summed E-state index contributed by atoms with van der Waals surface area (Å²) < 4.78 is 5.28. The number of phenols is 1. The molecule has 1 aliphatic rings. The summed E-state index contributed by atoms with van der Waals surface area (Å²) in [6, 6.07) is 7.53. The first kappa shape index (κ1) is 11.4. The summed E-state index contributed by atoms with van der Waals surface area (Å²) in [7, 11) is 0. The number of phenolic OH excluding ortho intramolecular Hbond substituents is 1. The number of ether oxygens (including phenoxy) is 1. The van der Waals surface area contributed by atoms with Crippen LogP contribution in [0.4, 0.5) is 0 Å². The van der Waals surface area contributed by atoms with Crippen LogP contribution in [0.1, 0.15) is 18.5 Å². The van der Waals surface area contributed by atoms with Crippen molar-refractivity contribution in [3.8, 4) is 5.75 Å². The Bertz CT molecular complexity index is 338. The first-order chi connectivity index (χ1) is 7.77. The molecule has 2 N–H and O–H groups in total. The van der Waals surface area contributed by atoms with E-state index in [0.29, 0.717) is 5.75 Å². The fraction of sp³-hybridized carbons (Fsp3) is 0.500. The molecule has 0 aliphatic carbocycles. The Morgan fingerprint density at radius 2 is 2.00 bits per heavy atom. The second kappa shape index (κ2) is 5.30. The van der Waals surface area contributed by atoms with Crippen LogP contribution in [0.15, 0.2) is 24.3 Å². The minimum atomic E-state index is 0.110. The van der Waals surface area contributed by atoms with Crippen LogP contribution in [0.3, 0.4) is 0 Å². The molecule has 0 bridgehead atoms. The lowest BCUT2D eigenvalue weighted by Gasteiger charge is -2.30. The highest BCUT2D eigenvalue weighted by Crippen LogP contribution is 2.23. The van der Waals surface area contributed by atoms with Gasteiger partial charge in [0, 0.05) is 24.7 Å². The summed E-state index contributed by atoms with van der Waals surface area (Å²) >= 11 is 0. The van der Waals surface area contributed by atoms with Gasteiger partial charge in [0.1, 0.15) is 5.75 Å². The highest BCUT2D eigenvalue weighted by Gasteiger charge is 2.15. The van der Waals surface area contributed by atoms with E-state index >= 15 is 0 Å². The van der Waals surface area contributed by atoms with Crippen molar-refractivity contribution in [2.24, 2.45) is 0 Å². The van der Waals surface area contributed by atoms with Gasteiger partial charge in [0.2, 0.25) is 0 Å². The fourth-order valence-electron chi connectivity index (χ4n) is 1.89. The molecule has 0 radical (unpaired) electrons. The molecule has 0 spiro atoms. The normalized spacial score (nSPS) is 19.6. The van der Waals surface area contributed by atoms with Gasteiger partial charge in [-0.2, -0.15) is 0 Å². The van der Waals surface area contributed by atoms with Crippen LogP contribution in [0.25, 0.3) is 0 Å². The molecule has 4 heteroatoms. The molecule has 1 aliphatic heterocycles. The first-order valence-corrected chi connectivity index (χ1v) is 5.64. The van der Waals surface area contributed by atoms with Crippen LogP contribution in [0, 0.1) is 0 Å². The molecular weight excluding hydrogens is 204 g/mol. The Balaban J connectivity index is 1.96. The van der Waals surface area contributed by atoms with Crippen molar-refractivity contribution < 1.29 is 9.84 Å². The summed E-state index contributed by atoms with van der Waals surface area (Å²) in [5.74, 6) is 0.343. The van der Waals surface area contributed by atoms with E-state index in [1.807, 2.05) is 25.1 Å². The molecule has 88 valence electrons. The van der Waals surface area contributed by atoms with E-state index in [4.69, 9.17) is 4.74 Å². The maximum absolute atomic E-state index is 9.73. The average molecular weight is 222 g/mol. The van der Waals surface area contributed by atoms with Crippen molar-refractivity contribution in [3.63, 3.8) is 0 Å². The number of aromatic hydroxyl groups is 1. The summed E-state index contributed by atoms with van der Waals surface area (Å²) in [5.41, 5.74) is 4.29. The second-order valence-electron chi connectivity index (χ2n) is 4.01. The Morgan fingerprint density at radius 3 is 2.69 bits per heavy atom. The van der Waals surface area contributed by atoms with Gasteiger partial charge in [-0.25, -0.2) is 10.4 Å². The monoisotopic (exact) mass is 222 g/mol. The maximum atomic E-state index is 9.73. The Morgan fingerprint density at radius 1 is 1.31 bits per heavy atom. The van der Waals surface area contributed by atoms with Crippen LogP contribution >= 0.6 is 0 Å². The number of rotatable bonds is 3. The third-order valence-electron chi connectivity index (χ3n) is 2.79. The number of hydrogen-bond donors (Lipinski definition) is 2. The van der Waals surface area contributed by atoms with Gasteiger partial charge >= 0.3 is 0 Å². The second-order valence-corrected chi connectivity index (χ2v) is 4.01. The number of nitrogens with zero attached hydrogens (tertiary/aromatic N) is 1. The molecule has 2 rings (SSSR count). The van der Waals surface area contributed by atoms with Crippen LogP contribution < -0.4 is 5.43 Å². The van der Waals surface area contributed by atoms with Gasteiger partial charge in [0.25, 0.3) is 0 Å². The molecule has 0 amide bonds. The zero-order valence-electron chi connectivity index (χ0n) is 9.52. The van der Waals surface area contributed by atoms with E-state index < -0.39 is 0 Å². The van der Waals surface area contributed by atoms with E-state index in [1.165, 1.54) is 0 Å². The summed E-state index contributed by atoms with van der Waals surface area (Å²) in [4.78, 5) is 0. The summed E-state index contributed by atoms with van der Waals surface area (Å²) in [6.07, 6.45) is 0. The quantitative estimate of drug-likeness (QED) is 0.809. The molecule has 1 heterocycles. The lowest BCUT2D eigenvalue weighted by molar-refractivity contribution is 0.00470. The number of hydrogen-bond acceptors (Lipinski definition) is 4. The number of para-hydroxylation sites is 1. The van der Waals surface area contributed by atoms with Crippen molar-refractivity contribution >= 4 is 0 Å². The fourth-order valence-corrected chi connectivity index (χ4v) is 1.89. The van der Waals surface area contributed by atoms with Crippen LogP contribution in [-0.4, -0.2) is 36.4 Å². The predicted octanol–water partition coefficient (Wildman–Crippen LogP) is 1.29. The molecule has 16 heavy (non-hydrogen) atoms. The highest BCUT2D eigenvalue weighted by molar-refractivity contribution is 5.33. The minimum absolute atomic E-state index is 0.110. The first-order valence-electron chi connectivity index (χ1n) is 5.64. The Hall–Kier alpha value is -1.10. The topological polar surface area (TPSA) is 44.7 Å². The minimum Gasteiger partial charge on any atom is -0.508 e. The number of benzene rings is 1. The van der Waals surface area contributed by atoms with Crippen LogP contribution in [0.5, 0.6) is 5.75 Å². The zero-order chi connectivity index (χ0) is 11.4. The lowest BCUT2D eigenvalue weighted by atomic mass is 10.1. The van der Waals surface area contributed by atoms with Gasteiger partial charge in [-0.3, -0.25) is 0 Å². The largest absolute Gasteiger partial charge is 0.508 e. The number of morpholine rings is 1. The van der Waals surface area contributed by atoms with Crippen molar-refractivity contribution in [2.45, 2.75) is 13.0 Å². The molecule has 0 saturated carbocycles. The van der Waals surface area contributed by atoms with Crippen molar-refractivity contribution in [1.82, 2.24) is 10.4 Å². The molecule has 1 unspecified atom stereocenters. The Labute approximate surface area is 95.8 Å². The molecule has 1 saturated heterocycles. The van der Waals surface area contributed by atoms with Gasteiger partial charge in [0.05, 0.1) is 13.2 Å². The molecule has 1 aromatic carbocycles. The zero-order valence-corrected chi connectivity index (χ0v) is 9.52. The van der Waals surface area contributed by atoms with Gasteiger partial charge in [-0.05, 0) is 13.0 Å². The van der Waals surface area contributed by atoms with Gasteiger partial charge in [0.15, 0.2) is 0 Å². The standard InChI is InChI=1S/C12H18N2O2/c1-10(11-4-2-3-5-12(11)15)13-14-6-8-16-9-7-14/h2-5,10,13,15H,6-9H2,1H3. The van der Waals surface area contributed by atoms with E-state index in [9.17, 15) is 5.11 Å². The van der Waals surface area contributed by atoms with E-state index in [-0.39, 0.29) is 6.04 Å². The molecule has 1 fully saturated rings. The van der Waals surface area contributed by atoms with E-state index in [0.717, 1.165) is 31.9 Å². The molecule has 4 nitrogen and oxygen atoms in total. The number of nitrogens with one attached hydrogen (secondary N) is 1. The van der Waals surface area contributed by atoms with Crippen molar-refractivity contribution in [3.05, 3.63) is 29.8 Å². The van der Waals surface area contributed by atoms with Crippen LogP contribution in [-0.2, 0) is 4.74 Å². The van der Waals surface area contributed by atoms with E-state index in [1.54, 1.807) is 6.07 Å². The SMILES string of the molecule is CC(NN1CCOCC1)c1ccccc1O. The van der Waals surface area contributed by atoms with Crippen LogP contribution in [0.2, 0.25) is 0 Å². The Kier molecular flexibility index (Phi) is 3.77. The smallest absolute Gasteiger partial charge is 0.120 e. The van der Waals surface area contributed by atoms with Crippen molar-refractivity contribution in [2.75, 3.05) is 26.3 Å². The average Bonchev–Trinajstić information content (AvgIpc) is 2.31. The maximum Gasteiger partial charge on any atom is 0.120 e. The summed E-state index contributed by atoms with van der Waals surface area (Å²) in [5, 5.41) is 11.9. The summed E-state index contributed by atoms with van der Waals surface area (Å²) in [6.45, 7) is 5.35. The van der Waals surface area contributed by atoms with Crippen molar-refractivity contribution in [1.29, 1.82) is 0 Å². The number of hydrazine groups is 1. The predicted molar refractivity (Wildman–Crippen MR) is 62.0 cm³/mol. The molecule has 1 aromatic rings. The van der Waals surface area contributed by atoms with Gasteiger partial charge < -0.3 is 9.84 Å². The molecule has 1 atom stereocenters. The highest BCUT2D eigenvalue weighted by atomic mass is 16.5. The molecular formula is C12H18N2O2.